The van der Waals surface area contributed by atoms with Gasteiger partial charge in [-0.15, -0.1) is 0 Å². The van der Waals surface area contributed by atoms with Crippen LogP contribution in [0, 0.1) is 11.3 Å². The monoisotopic (exact) mass is 387 g/mol. The lowest BCUT2D eigenvalue weighted by molar-refractivity contribution is 0.122. The first kappa shape index (κ1) is 18.6. The molecule has 2 aliphatic heterocycles. The number of benzene rings is 1. The predicted molar refractivity (Wildman–Crippen MR) is 115 cm³/mol. The van der Waals surface area contributed by atoms with Crippen molar-refractivity contribution in [1.29, 1.82) is 5.26 Å². The molecular formula is C24H29N5. The largest absolute Gasteiger partial charge is 0.327 e. The van der Waals surface area contributed by atoms with Crippen molar-refractivity contribution in [2.75, 3.05) is 33.2 Å². The van der Waals surface area contributed by atoms with Crippen LogP contribution in [0.25, 0.3) is 6.08 Å². The Balaban J connectivity index is 1.30. The molecule has 3 heterocycles. The normalized spacial score (nSPS) is 23.2. The topological polar surface area (TPSA) is 48.1 Å². The molecule has 1 atom stereocenters. The number of nitrogens with zero attached hydrogens (tertiary/aromatic N) is 5. The van der Waals surface area contributed by atoms with Crippen molar-refractivity contribution in [1.82, 2.24) is 19.4 Å². The number of imidazole rings is 1. The van der Waals surface area contributed by atoms with E-state index in [0.29, 0.717) is 5.92 Å². The first-order valence-electron chi connectivity index (χ1n) is 10.9. The number of likely N-dealkylation sites (tertiary alicyclic amines) is 1. The molecule has 0 saturated carbocycles. The molecule has 1 aromatic heterocycles. The number of allylic oxidation sites excluding steroid dienone is 1. The highest BCUT2D eigenvalue weighted by Crippen LogP contribution is 2.31. The van der Waals surface area contributed by atoms with Gasteiger partial charge in [-0.05, 0) is 56.8 Å². The van der Waals surface area contributed by atoms with Gasteiger partial charge in [-0.3, -0.25) is 4.90 Å². The molecule has 2 aromatic rings. The zero-order valence-electron chi connectivity index (χ0n) is 17.2. The van der Waals surface area contributed by atoms with Crippen molar-refractivity contribution in [2.24, 2.45) is 0 Å². The predicted octanol–water partition coefficient (Wildman–Crippen LogP) is 3.06. The van der Waals surface area contributed by atoms with E-state index in [1.54, 1.807) is 0 Å². The summed E-state index contributed by atoms with van der Waals surface area (Å²) >= 11 is 0. The van der Waals surface area contributed by atoms with Gasteiger partial charge in [0.05, 0.1) is 23.0 Å². The second kappa shape index (κ2) is 7.78. The number of rotatable bonds is 2. The van der Waals surface area contributed by atoms with Crippen LogP contribution in [0.4, 0.5) is 0 Å². The van der Waals surface area contributed by atoms with Gasteiger partial charge in [-0.1, -0.05) is 18.2 Å². The summed E-state index contributed by atoms with van der Waals surface area (Å²) in [6, 6.07) is 10.9. The van der Waals surface area contributed by atoms with E-state index in [-0.39, 0.29) is 0 Å². The maximum atomic E-state index is 9.02. The van der Waals surface area contributed by atoms with Crippen LogP contribution in [0.1, 0.15) is 47.1 Å². The third kappa shape index (κ3) is 3.63. The fourth-order valence-corrected chi connectivity index (χ4v) is 5.17. The zero-order valence-corrected chi connectivity index (χ0v) is 17.2. The fraction of sp³-hybridized carbons (Fsp3) is 0.500. The number of piperidine rings is 1. The molecule has 0 N–H and O–H groups in total. The molecule has 150 valence electrons. The van der Waals surface area contributed by atoms with Gasteiger partial charge in [-0.2, -0.15) is 5.26 Å². The summed E-state index contributed by atoms with van der Waals surface area (Å²) in [4.78, 5) is 10.2. The highest BCUT2D eigenvalue weighted by atomic mass is 15.2. The number of hydrogen-bond donors (Lipinski definition) is 0. The summed E-state index contributed by atoms with van der Waals surface area (Å²) in [6.45, 7) is 5.77. The maximum Gasteiger partial charge on any atom is 0.110 e. The molecule has 5 nitrogen and oxygen atoms in total. The molecule has 0 amide bonds. The molecule has 1 fully saturated rings. The van der Waals surface area contributed by atoms with E-state index in [1.807, 2.05) is 12.1 Å². The molecule has 29 heavy (non-hydrogen) atoms. The quantitative estimate of drug-likeness (QED) is 0.795. The van der Waals surface area contributed by atoms with Gasteiger partial charge in [0.2, 0.25) is 0 Å². The third-order valence-corrected chi connectivity index (χ3v) is 6.97. The van der Waals surface area contributed by atoms with Crippen molar-refractivity contribution in [2.45, 2.75) is 44.2 Å². The Morgan fingerprint density at radius 3 is 2.59 bits per heavy atom. The van der Waals surface area contributed by atoms with Crippen LogP contribution in [-0.2, 0) is 19.4 Å². The molecule has 0 spiro atoms. The van der Waals surface area contributed by atoms with Gasteiger partial charge in [0.1, 0.15) is 5.82 Å². The Hall–Kier alpha value is -2.42. The Kier molecular flexibility index (Phi) is 4.99. The van der Waals surface area contributed by atoms with E-state index in [4.69, 9.17) is 10.2 Å². The van der Waals surface area contributed by atoms with Crippen LogP contribution in [-0.4, -0.2) is 58.6 Å². The summed E-state index contributed by atoms with van der Waals surface area (Å²) in [7, 11) is 2.23. The van der Waals surface area contributed by atoms with Crippen LogP contribution >= 0.6 is 0 Å². The van der Waals surface area contributed by atoms with Crippen LogP contribution in [0.2, 0.25) is 0 Å². The molecule has 1 aliphatic carbocycles. The molecule has 3 aliphatic rings. The van der Waals surface area contributed by atoms with Crippen molar-refractivity contribution in [3.8, 4) is 6.07 Å². The van der Waals surface area contributed by atoms with Crippen molar-refractivity contribution < 1.29 is 0 Å². The van der Waals surface area contributed by atoms with Crippen LogP contribution in [0.3, 0.4) is 0 Å². The first-order valence-corrected chi connectivity index (χ1v) is 10.9. The third-order valence-electron chi connectivity index (χ3n) is 6.97. The Morgan fingerprint density at radius 1 is 1.03 bits per heavy atom. The second-order valence-electron chi connectivity index (χ2n) is 8.74. The number of hydrogen-bond acceptors (Lipinski definition) is 4. The molecule has 1 aromatic carbocycles. The van der Waals surface area contributed by atoms with Gasteiger partial charge >= 0.3 is 0 Å². The second-order valence-corrected chi connectivity index (χ2v) is 8.74. The number of fused-ring (bicyclic) bond motifs is 3. The molecular weight excluding hydrogens is 358 g/mol. The average molecular weight is 388 g/mol. The van der Waals surface area contributed by atoms with Crippen LogP contribution in [0.5, 0.6) is 0 Å². The lowest BCUT2D eigenvalue weighted by Crippen LogP contribution is -2.44. The molecule has 0 bridgehead atoms. The minimum Gasteiger partial charge on any atom is -0.327 e. The molecule has 0 radical (unpaired) electrons. The van der Waals surface area contributed by atoms with Gasteiger partial charge < -0.3 is 9.47 Å². The SMILES string of the molecule is CN1CCC(N2CCc3nc4c(n3CC2)C=CC(c2ccc(C#N)cc2)C4)CC1. The van der Waals surface area contributed by atoms with Crippen molar-refractivity contribution >= 4 is 6.08 Å². The van der Waals surface area contributed by atoms with E-state index < -0.39 is 0 Å². The van der Waals surface area contributed by atoms with Crippen LogP contribution in [0.15, 0.2) is 30.3 Å². The minimum absolute atomic E-state index is 0.352. The molecule has 5 heteroatoms. The molecule has 1 saturated heterocycles. The highest BCUT2D eigenvalue weighted by molar-refractivity contribution is 5.55. The van der Waals surface area contributed by atoms with Crippen LogP contribution < -0.4 is 0 Å². The van der Waals surface area contributed by atoms with E-state index >= 15 is 0 Å². The standard InChI is InChI=1S/C24H29N5/c1-27-11-8-21(9-12-27)28-13-10-24-26-22-16-20(6-7-23(22)29(24)15-14-28)19-4-2-18(17-25)3-5-19/h2-7,20-21H,8-16H2,1H3. The smallest absolute Gasteiger partial charge is 0.110 e. The van der Waals surface area contributed by atoms with Gasteiger partial charge in [-0.25, -0.2) is 4.98 Å². The van der Waals surface area contributed by atoms with E-state index in [1.165, 1.54) is 48.7 Å². The zero-order chi connectivity index (χ0) is 19.8. The Morgan fingerprint density at radius 2 is 1.83 bits per heavy atom. The minimum atomic E-state index is 0.352. The van der Waals surface area contributed by atoms with Crippen molar-refractivity contribution in [3.63, 3.8) is 0 Å². The van der Waals surface area contributed by atoms with Crippen molar-refractivity contribution in [3.05, 3.63) is 58.7 Å². The maximum absolute atomic E-state index is 9.02. The number of aromatic nitrogens is 2. The van der Waals surface area contributed by atoms with Gasteiger partial charge in [0.15, 0.2) is 0 Å². The van der Waals surface area contributed by atoms with E-state index in [0.717, 1.165) is 44.1 Å². The first-order chi connectivity index (χ1) is 14.2. The highest BCUT2D eigenvalue weighted by Gasteiger charge is 2.28. The Labute approximate surface area is 173 Å². The van der Waals surface area contributed by atoms with Gasteiger partial charge in [0, 0.05) is 44.4 Å². The van der Waals surface area contributed by atoms with E-state index in [2.05, 4.69) is 51.8 Å². The molecule has 5 rings (SSSR count). The Bertz CT molecular complexity index is 941. The molecule has 1 unspecified atom stereocenters. The van der Waals surface area contributed by atoms with E-state index in [9.17, 15) is 0 Å². The average Bonchev–Trinajstić information content (AvgIpc) is 2.98. The summed E-state index contributed by atoms with van der Waals surface area (Å²) in [5.41, 5.74) is 4.54. The van der Waals surface area contributed by atoms with Gasteiger partial charge in [0.25, 0.3) is 0 Å². The number of nitriles is 1. The lowest BCUT2D eigenvalue weighted by atomic mass is 9.89. The lowest BCUT2D eigenvalue weighted by Gasteiger charge is -2.36. The fourth-order valence-electron chi connectivity index (χ4n) is 5.17. The summed E-state index contributed by atoms with van der Waals surface area (Å²) in [6.07, 6.45) is 9.19. The summed E-state index contributed by atoms with van der Waals surface area (Å²) in [5.74, 6) is 1.61. The summed E-state index contributed by atoms with van der Waals surface area (Å²) in [5, 5.41) is 9.02. The summed E-state index contributed by atoms with van der Waals surface area (Å²) < 4.78 is 2.47.